The fourth-order valence-corrected chi connectivity index (χ4v) is 3.97. The standard InChI is InChI=1S/C20H23N3O5/c1-2-15-14-8-7-12(9-17(14)23(21-15)13-5-3-4-6-13)16-10-18(28-22-16)20(26)27-11-19(24)25/h7-9,13,18H,2-6,10-11H2,1H3,(H,24,25). The van der Waals surface area contributed by atoms with E-state index in [1.807, 2.05) is 6.07 Å². The third kappa shape index (κ3) is 3.46. The van der Waals surface area contributed by atoms with Crippen LogP contribution in [0.25, 0.3) is 10.9 Å². The zero-order chi connectivity index (χ0) is 19.7. The van der Waals surface area contributed by atoms with Gasteiger partial charge in [0.25, 0.3) is 0 Å². The van der Waals surface area contributed by atoms with Gasteiger partial charge in [-0.1, -0.05) is 37.1 Å². The lowest BCUT2D eigenvalue weighted by Gasteiger charge is -2.11. The lowest BCUT2D eigenvalue weighted by atomic mass is 10.0. The van der Waals surface area contributed by atoms with Crippen LogP contribution in [0.1, 0.15) is 56.3 Å². The summed E-state index contributed by atoms with van der Waals surface area (Å²) < 4.78 is 6.85. The molecule has 8 nitrogen and oxygen atoms in total. The normalized spacial score (nSPS) is 19.6. The fourth-order valence-electron chi connectivity index (χ4n) is 3.97. The SMILES string of the molecule is CCc1nn(C2CCCC2)c2cc(C3=NOC(C(=O)OCC(=O)O)C3)ccc12. The second-order valence-corrected chi connectivity index (χ2v) is 7.25. The lowest BCUT2D eigenvalue weighted by molar-refractivity contribution is -0.162. The first kappa shape index (κ1) is 18.5. The Bertz CT molecular complexity index is 943. The first-order chi connectivity index (χ1) is 13.6. The Hall–Kier alpha value is -2.90. The topological polar surface area (TPSA) is 103 Å². The van der Waals surface area contributed by atoms with E-state index in [2.05, 4.69) is 28.9 Å². The van der Waals surface area contributed by atoms with E-state index in [1.165, 1.54) is 12.8 Å². The molecule has 1 aliphatic heterocycles. The zero-order valence-corrected chi connectivity index (χ0v) is 15.8. The van der Waals surface area contributed by atoms with E-state index in [9.17, 15) is 9.59 Å². The van der Waals surface area contributed by atoms with Gasteiger partial charge in [-0.05, 0) is 25.3 Å². The van der Waals surface area contributed by atoms with E-state index in [0.29, 0.717) is 11.8 Å². The molecule has 1 N–H and O–H groups in total. The van der Waals surface area contributed by atoms with Gasteiger partial charge in [0.15, 0.2) is 6.61 Å². The number of aryl methyl sites for hydroxylation is 1. The van der Waals surface area contributed by atoms with Crippen molar-refractivity contribution in [3.8, 4) is 0 Å². The zero-order valence-electron chi connectivity index (χ0n) is 15.8. The number of rotatable bonds is 6. The van der Waals surface area contributed by atoms with Gasteiger partial charge in [0.2, 0.25) is 6.10 Å². The summed E-state index contributed by atoms with van der Waals surface area (Å²) in [7, 11) is 0. The smallest absolute Gasteiger partial charge is 0.351 e. The molecule has 4 rings (SSSR count). The molecule has 28 heavy (non-hydrogen) atoms. The molecule has 1 aromatic heterocycles. The number of carboxylic acids is 1. The number of carbonyl (C=O) groups excluding carboxylic acids is 1. The average Bonchev–Trinajstić information content (AvgIpc) is 3.44. The molecule has 8 heteroatoms. The number of hydrogen-bond donors (Lipinski definition) is 1. The minimum atomic E-state index is -1.20. The van der Waals surface area contributed by atoms with Gasteiger partial charge in [-0.2, -0.15) is 5.10 Å². The van der Waals surface area contributed by atoms with Crippen LogP contribution in [0.2, 0.25) is 0 Å². The highest BCUT2D eigenvalue weighted by Gasteiger charge is 2.31. The number of nitrogens with zero attached hydrogens (tertiary/aromatic N) is 3. The lowest BCUT2D eigenvalue weighted by Crippen LogP contribution is -2.26. The van der Waals surface area contributed by atoms with Gasteiger partial charge in [-0.25, -0.2) is 9.59 Å². The number of aromatic nitrogens is 2. The van der Waals surface area contributed by atoms with Crippen LogP contribution in [-0.2, 0) is 25.6 Å². The first-order valence-electron chi connectivity index (χ1n) is 9.69. The van der Waals surface area contributed by atoms with Crippen molar-refractivity contribution in [3.05, 3.63) is 29.5 Å². The van der Waals surface area contributed by atoms with Crippen LogP contribution in [0.3, 0.4) is 0 Å². The molecule has 148 valence electrons. The van der Waals surface area contributed by atoms with Gasteiger partial charge in [0.1, 0.15) is 0 Å². The van der Waals surface area contributed by atoms with Crippen LogP contribution in [0.4, 0.5) is 0 Å². The molecule has 1 fully saturated rings. The second-order valence-electron chi connectivity index (χ2n) is 7.25. The molecule has 2 aliphatic rings. The van der Waals surface area contributed by atoms with Gasteiger partial charge in [-0.3, -0.25) is 4.68 Å². The molecule has 0 radical (unpaired) electrons. The number of hydrogen-bond acceptors (Lipinski definition) is 6. The van der Waals surface area contributed by atoms with Crippen molar-refractivity contribution >= 4 is 28.6 Å². The van der Waals surface area contributed by atoms with E-state index >= 15 is 0 Å². The minimum absolute atomic E-state index is 0.252. The van der Waals surface area contributed by atoms with Crippen LogP contribution in [-0.4, -0.2) is 45.2 Å². The highest BCUT2D eigenvalue weighted by molar-refractivity contribution is 6.05. The van der Waals surface area contributed by atoms with E-state index in [1.54, 1.807) is 0 Å². The van der Waals surface area contributed by atoms with Crippen molar-refractivity contribution in [1.29, 1.82) is 0 Å². The van der Waals surface area contributed by atoms with Crippen LogP contribution < -0.4 is 0 Å². The third-order valence-corrected chi connectivity index (χ3v) is 5.39. The number of carboxylic acid groups (broad SMARTS) is 1. The Kier molecular flexibility index (Phi) is 5.02. The van der Waals surface area contributed by atoms with E-state index < -0.39 is 24.6 Å². The van der Waals surface area contributed by atoms with Crippen LogP contribution in [0.5, 0.6) is 0 Å². The number of benzene rings is 1. The molecule has 1 atom stereocenters. The van der Waals surface area contributed by atoms with Gasteiger partial charge < -0.3 is 14.7 Å². The number of fused-ring (bicyclic) bond motifs is 1. The monoisotopic (exact) mass is 385 g/mol. The minimum Gasteiger partial charge on any atom is -0.479 e. The number of aliphatic carboxylic acids is 1. The maximum absolute atomic E-state index is 11.9. The molecule has 1 saturated carbocycles. The van der Waals surface area contributed by atoms with Gasteiger partial charge in [0, 0.05) is 17.4 Å². The molecular formula is C20H23N3O5. The summed E-state index contributed by atoms with van der Waals surface area (Å²) in [5, 5.41) is 18.7. The van der Waals surface area contributed by atoms with Crippen molar-refractivity contribution in [2.24, 2.45) is 5.16 Å². The summed E-state index contributed by atoms with van der Waals surface area (Å²) >= 11 is 0. The maximum Gasteiger partial charge on any atom is 0.351 e. The number of esters is 1. The first-order valence-corrected chi connectivity index (χ1v) is 9.69. The van der Waals surface area contributed by atoms with E-state index in [-0.39, 0.29) is 6.42 Å². The summed E-state index contributed by atoms with van der Waals surface area (Å²) in [4.78, 5) is 27.6. The summed E-state index contributed by atoms with van der Waals surface area (Å²) in [5.41, 5.74) is 3.70. The van der Waals surface area contributed by atoms with Crippen molar-refractivity contribution in [2.45, 2.75) is 57.6 Å². The van der Waals surface area contributed by atoms with Gasteiger partial charge in [0.05, 0.1) is 23.0 Å². The predicted molar refractivity (Wildman–Crippen MR) is 101 cm³/mol. The molecule has 1 aromatic carbocycles. The molecule has 2 heterocycles. The Morgan fingerprint density at radius 1 is 1.32 bits per heavy atom. The Labute approximate surface area is 162 Å². The number of carbonyl (C=O) groups is 2. The van der Waals surface area contributed by atoms with Crippen molar-refractivity contribution < 1.29 is 24.3 Å². The summed E-state index contributed by atoms with van der Waals surface area (Å²) in [5.74, 6) is -1.92. The molecule has 0 spiro atoms. The molecule has 0 saturated heterocycles. The van der Waals surface area contributed by atoms with Crippen molar-refractivity contribution in [1.82, 2.24) is 9.78 Å². The molecule has 0 amide bonds. The highest BCUT2D eigenvalue weighted by Crippen LogP contribution is 2.33. The van der Waals surface area contributed by atoms with E-state index in [0.717, 1.165) is 41.4 Å². The highest BCUT2D eigenvalue weighted by atomic mass is 16.7. The van der Waals surface area contributed by atoms with Gasteiger partial charge in [-0.15, -0.1) is 0 Å². The molecule has 2 aromatic rings. The summed E-state index contributed by atoms with van der Waals surface area (Å²) in [6, 6.07) is 6.52. The predicted octanol–water partition coefficient (Wildman–Crippen LogP) is 2.83. The number of oxime groups is 1. The van der Waals surface area contributed by atoms with E-state index in [4.69, 9.17) is 19.8 Å². The summed E-state index contributed by atoms with van der Waals surface area (Å²) in [6.45, 7) is 1.43. The molecular weight excluding hydrogens is 362 g/mol. The quantitative estimate of drug-likeness (QED) is 0.767. The fraction of sp³-hybridized carbons (Fsp3) is 0.500. The summed E-state index contributed by atoms with van der Waals surface area (Å²) in [6.07, 6.45) is 4.97. The molecule has 0 bridgehead atoms. The third-order valence-electron chi connectivity index (χ3n) is 5.39. The van der Waals surface area contributed by atoms with Crippen LogP contribution >= 0.6 is 0 Å². The van der Waals surface area contributed by atoms with Crippen LogP contribution in [0, 0.1) is 0 Å². The average molecular weight is 385 g/mol. The molecule has 1 unspecified atom stereocenters. The van der Waals surface area contributed by atoms with Gasteiger partial charge >= 0.3 is 11.9 Å². The second kappa shape index (κ2) is 7.61. The van der Waals surface area contributed by atoms with Crippen LogP contribution in [0.15, 0.2) is 23.4 Å². The maximum atomic E-state index is 11.9. The Balaban J connectivity index is 1.57. The van der Waals surface area contributed by atoms with Crippen molar-refractivity contribution in [3.63, 3.8) is 0 Å². The van der Waals surface area contributed by atoms with Crippen molar-refractivity contribution in [2.75, 3.05) is 6.61 Å². The Morgan fingerprint density at radius 3 is 2.82 bits per heavy atom. The Morgan fingerprint density at radius 2 is 2.11 bits per heavy atom. The number of ether oxygens (including phenoxy) is 1. The largest absolute Gasteiger partial charge is 0.479 e. The molecule has 1 aliphatic carbocycles.